The highest BCUT2D eigenvalue weighted by molar-refractivity contribution is 5.83. The zero-order valence-electron chi connectivity index (χ0n) is 17.5. The molecule has 0 bridgehead atoms. The Morgan fingerprint density at radius 1 is 1.20 bits per heavy atom. The van der Waals surface area contributed by atoms with Crippen molar-refractivity contribution in [3.8, 4) is 0 Å². The fraction of sp³-hybridized carbons (Fsp3) is 0.478. The standard InChI is InChI=1S/C23H28F3N3O/c1-15(2)10-17-4-6-18(7-5-17)16(3)22(30)28-20-8-9-29(14-20)21-11-19(12-27-13-21)23(24,25)26/h4-7,11-13,15-16,20H,8-10,14H2,1-3H3,(H,28,30)/t16-,20-/m1/s1. The molecule has 1 N–H and O–H groups in total. The summed E-state index contributed by atoms with van der Waals surface area (Å²) in [6.45, 7) is 7.26. The van der Waals surface area contributed by atoms with Crippen molar-refractivity contribution < 1.29 is 18.0 Å². The summed E-state index contributed by atoms with van der Waals surface area (Å²) in [5.41, 5.74) is 1.87. The van der Waals surface area contributed by atoms with Crippen LogP contribution >= 0.6 is 0 Å². The van der Waals surface area contributed by atoms with Gasteiger partial charge in [-0.15, -0.1) is 0 Å². The van der Waals surface area contributed by atoms with E-state index in [9.17, 15) is 18.0 Å². The average molecular weight is 419 g/mol. The van der Waals surface area contributed by atoms with Gasteiger partial charge in [0.25, 0.3) is 0 Å². The fourth-order valence-corrected chi connectivity index (χ4v) is 3.76. The predicted octanol–water partition coefficient (Wildman–Crippen LogP) is 4.80. The van der Waals surface area contributed by atoms with E-state index in [0.29, 0.717) is 31.1 Å². The van der Waals surface area contributed by atoms with Crippen molar-refractivity contribution in [2.24, 2.45) is 5.92 Å². The van der Waals surface area contributed by atoms with E-state index in [0.717, 1.165) is 24.2 Å². The summed E-state index contributed by atoms with van der Waals surface area (Å²) in [6.07, 6.45) is -0.477. The van der Waals surface area contributed by atoms with Gasteiger partial charge in [-0.2, -0.15) is 13.2 Å². The molecule has 0 unspecified atom stereocenters. The predicted molar refractivity (Wildman–Crippen MR) is 111 cm³/mol. The Morgan fingerprint density at radius 2 is 1.90 bits per heavy atom. The van der Waals surface area contributed by atoms with Crippen molar-refractivity contribution in [3.63, 3.8) is 0 Å². The first-order valence-corrected chi connectivity index (χ1v) is 10.3. The summed E-state index contributed by atoms with van der Waals surface area (Å²) in [5.74, 6) is 0.219. The molecule has 2 heterocycles. The zero-order valence-corrected chi connectivity index (χ0v) is 17.5. The maximum Gasteiger partial charge on any atom is 0.417 e. The molecule has 2 aromatic rings. The van der Waals surface area contributed by atoms with Crippen LogP contribution in [0.3, 0.4) is 0 Å². The van der Waals surface area contributed by atoms with Gasteiger partial charge in [0, 0.05) is 25.3 Å². The van der Waals surface area contributed by atoms with Gasteiger partial charge >= 0.3 is 6.18 Å². The molecule has 1 aliphatic heterocycles. The lowest BCUT2D eigenvalue weighted by atomic mass is 9.96. The van der Waals surface area contributed by atoms with Crippen LogP contribution in [-0.4, -0.2) is 30.0 Å². The van der Waals surface area contributed by atoms with Crippen molar-refractivity contribution in [2.75, 3.05) is 18.0 Å². The van der Waals surface area contributed by atoms with E-state index in [1.54, 1.807) is 0 Å². The zero-order chi connectivity index (χ0) is 21.9. The Hall–Kier alpha value is -2.57. The number of anilines is 1. The molecule has 0 radical (unpaired) electrons. The van der Waals surface area contributed by atoms with Gasteiger partial charge in [0.05, 0.1) is 23.4 Å². The van der Waals surface area contributed by atoms with Gasteiger partial charge in [-0.25, -0.2) is 0 Å². The highest BCUT2D eigenvalue weighted by Crippen LogP contribution is 2.31. The minimum Gasteiger partial charge on any atom is -0.368 e. The number of aromatic nitrogens is 1. The van der Waals surface area contributed by atoms with Gasteiger partial charge < -0.3 is 10.2 Å². The van der Waals surface area contributed by atoms with Crippen molar-refractivity contribution >= 4 is 11.6 Å². The Bertz CT molecular complexity index is 865. The maximum absolute atomic E-state index is 12.9. The SMILES string of the molecule is CC(C)Cc1ccc([C@@H](C)C(=O)N[C@@H]2CCN(c3cncc(C(F)(F)F)c3)C2)cc1. The number of halogens is 3. The van der Waals surface area contributed by atoms with Crippen LogP contribution in [0.25, 0.3) is 0 Å². The lowest BCUT2D eigenvalue weighted by Crippen LogP contribution is -2.39. The van der Waals surface area contributed by atoms with E-state index in [2.05, 4.69) is 36.3 Å². The largest absolute Gasteiger partial charge is 0.417 e. The van der Waals surface area contributed by atoms with Gasteiger partial charge in [0.15, 0.2) is 0 Å². The minimum atomic E-state index is -4.42. The first kappa shape index (κ1) is 22.1. The second-order valence-electron chi connectivity index (χ2n) is 8.43. The number of hydrogen-bond acceptors (Lipinski definition) is 3. The molecule has 2 atom stereocenters. The number of amides is 1. The molecular weight excluding hydrogens is 391 g/mol. The molecule has 1 amide bonds. The van der Waals surface area contributed by atoms with Gasteiger partial charge in [-0.3, -0.25) is 9.78 Å². The summed E-state index contributed by atoms with van der Waals surface area (Å²) < 4.78 is 38.8. The van der Waals surface area contributed by atoms with E-state index in [1.165, 1.54) is 11.8 Å². The fourth-order valence-electron chi connectivity index (χ4n) is 3.76. The first-order chi connectivity index (χ1) is 14.1. The smallest absolute Gasteiger partial charge is 0.368 e. The summed E-state index contributed by atoms with van der Waals surface area (Å²) in [6, 6.07) is 9.14. The maximum atomic E-state index is 12.9. The van der Waals surface area contributed by atoms with Crippen LogP contribution in [0.1, 0.15) is 49.8 Å². The second-order valence-corrected chi connectivity index (χ2v) is 8.43. The van der Waals surface area contributed by atoms with Crippen molar-refractivity contribution in [1.29, 1.82) is 0 Å². The number of rotatable bonds is 6. The van der Waals surface area contributed by atoms with Crippen LogP contribution < -0.4 is 10.2 Å². The number of carbonyl (C=O) groups is 1. The number of alkyl halides is 3. The average Bonchev–Trinajstić information content (AvgIpc) is 3.15. The Labute approximate surface area is 175 Å². The molecule has 0 aliphatic carbocycles. The molecule has 162 valence electrons. The number of nitrogens with zero attached hydrogens (tertiary/aromatic N) is 2. The Kier molecular flexibility index (Phi) is 6.68. The molecule has 7 heteroatoms. The molecule has 0 saturated carbocycles. The highest BCUT2D eigenvalue weighted by Gasteiger charge is 2.32. The second kappa shape index (κ2) is 9.06. The van der Waals surface area contributed by atoms with Crippen LogP contribution in [0.5, 0.6) is 0 Å². The lowest BCUT2D eigenvalue weighted by molar-refractivity contribution is -0.137. The molecule has 1 aliphatic rings. The minimum absolute atomic E-state index is 0.0689. The van der Waals surface area contributed by atoms with Gasteiger partial charge in [0.1, 0.15) is 0 Å². The molecule has 0 spiro atoms. The van der Waals surface area contributed by atoms with Gasteiger partial charge in [0.2, 0.25) is 5.91 Å². The summed E-state index contributed by atoms with van der Waals surface area (Å²) in [5, 5.41) is 3.05. The number of pyridine rings is 1. The normalized spacial score (nSPS) is 18.0. The van der Waals surface area contributed by atoms with E-state index >= 15 is 0 Å². The number of carbonyl (C=O) groups excluding carboxylic acids is 1. The van der Waals surface area contributed by atoms with E-state index < -0.39 is 11.7 Å². The topological polar surface area (TPSA) is 45.2 Å². The summed E-state index contributed by atoms with van der Waals surface area (Å²) in [7, 11) is 0. The van der Waals surface area contributed by atoms with E-state index in [4.69, 9.17) is 0 Å². The number of nitrogens with one attached hydrogen (secondary N) is 1. The monoisotopic (exact) mass is 419 g/mol. The van der Waals surface area contributed by atoms with Crippen molar-refractivity contribution in [3.05, 3.63) is 59.4 Å². The van der Waals surface area contributed by atoms with Crippen LogP contribution in [0, 0.1) is 5.92 Å². The Morgan fingerprint density at radius 3 is 2.53 bits per heavy atom. The molecular formula is C23H28F3N3O. The van der Waals surface area contributed by atoms with Crippen molar-refractivity contribution in [1.82, 2.24) is 10.3 Å². The quantitative estimate of drug-likeness (QED) is 0.732. The summed E-state index contributed by atoms with van der Waals surface area (Å²) >= 11 is 0. The molecule has 3 rings (SSSR count). The third-order valence-corrected chi connectivity index (χ3v) is 5.47. The molecule has 30 heavy (non-hydrogen) atoms. The molecule has 4 nitrogen and oxygen atoms in total. The highest BCUT2D eigenvalue weighted by atomic mass is 19.4. The van der Waals surface area contributed by atoms with Crippen LogP contribution in [-0.2, 0) is 17.4 Å². The van der Waals surface area contributed by atoms with Crippen LogP contribution in [0.15, 0.2) is 42.7 Å². The van der Waals surface area contributed by atoms with Crippen molar-refractivity contribution in [2.45, 2.75) is 51.7 Å². The van der Waals surface area contributed by atoms with Gasteiger partial charge in [-0.1, -0.05) is 38.1 Å². The molecule has 1 saturated heterocycles. The number of benzene rings is 1. The Balaban J connectivity index is 1.58. The van der Waals surface area contributed by atoms with Crippen LogP contribution in [0.2, 0.25) is 0 Å². The third-order valence-electron chi connectivity index (χ3n) is 5.47. The number of hydrogen-bond donors (Lipinski definition) is 1. The molecule has 1 fully saturated rings. The van der Waals surface area contributed by atoms with Crippen LogP contribution in [0.4, 0.5) is 18.9 Å². The van der Waals surface area contributed by atoms with E-state index in [-0.39, 0.29) is 17.9 Å². The summed E-state index contributed by atoms with van der Waals surface area (Å²) in [4.78, 5) is 18.3. The molecule has 1 aromatic heterocycles. The molecule has 1 aromatic carbocycles. The van der Waals surface area contributed by atoms with Gasteiger partial charge in [-0.05, 0) is 42.9 Å². The third kappa shape index (κ3) is 5.52. The van der Waals surface area contributed by atoms with E-state index in [1.807, 2.05) is 24.0 Å². The lowest BCUT2D eigenvalue weighted by Gasteiger charge is -2.21. The first-order valence-electron chi connectivity index (χ1n) is 10.3.